The van der Waals surface area contributed by atoms with Crippen LogP contribution in [0.3, 0.4) is 0 Å². The Morgan fingerprint density at radius 2 is 0.698 bits per heavy atom. The number of phenolic OH excluding ortho intramolecular Hbond substituents is 2. The third-order valence-corrected chi connectivity index (χ3v) is 14.9. The topological polar surface area (TPSA) is 267 Å². The summed E-state index contributed by atoms with van der Waals surface area (Å²) in [6.45, 7) is 0. The molecule has 0 unspecified atom stereocenters. The lowest BCUT2D eigenvalue weighted by Crippen LogP contribution is -2.31. The van der Waals surface area contributed by atoms with E-state index in [0.29, 0.717) is 28.5 Å². The third-order valence-electron chi connectivity index (χ3n) is 12.9. The van der Waals surface area contributed by atoms with Crippen molar-refractivity contribution in [2.75, 3.05) is 62.6 Å². The number of benzene rings is 10. The molecule has 6 N–H and O–H groups in total. The quantitative estimate of drug-likeness (QED) is 0.0210. The number of nitro groups is 2. The first-order valence-corrected chi connectivity index (χ1v) is 33.3. The zero-order valence-electron chi connectivity index (χ0n) is 52.3. The number of methoxy groups -OCH3 is 8. The zero-order chi connectivity index (χ0) is 70.1. The number of hydrogen-bond acceptors (Lipinski definition) is 17. The molecular formula is C69H69B2Br4I2N3O16. The molecule has 0 spiro atoms. The maximum absolute atomic E-state index is 10.6. The van der Waals surface area contributed by atoms with Gasteiger partial charge in [-0.3, -0.25) is 20.2 Å². The number of nitrogen functional groups attached to an aromatic ring is 1. The van der Waals surface area contributed by atoms with Crippen LogP contribution >= 0.6 is 108 Å². The first kappa shape index (κ1) is 82.5. The van der Waals surface area contributed by atoms with Crippen LogP contribution in [0.4, 0.5) is 17.1 Å². The van der Waals surface area contributed by atoms with Crippen molar-refractivity contribution in [2.24, 2.45) is 0 Å². The lowest BCUT2D eigenvalue weighted by atomic mass is 9.79. The number of halogens is 6. The molecule has 0 saturated heterocycles. The number of aromatic hydroxyl groups is 2. The molecule has 504 valence electrons. The monoisotopic (exact) mass is 1790 g/mol. The van der Waals surface area contributed by atoms with Gasteiger partial charge in [0, 0.05) is 99.6 Å². The standard InChI is InChI=1S/C14H13IO2.C14H13NO4.C14H15NO2.C12H9IO2.C8H11BO4.C6H4BrNO2.CH4.BBr3/c1-16-12-7-8-13(14(9-12)17-2)10-3-5-11(15)6-4-10;1-18-12-7-8-13(14(9-12)19-2)10-3-5-11(6-4-10)15(16)17;1-16-12-7-8-13(14(9-12)17-2)10-3-5-11(15)6-4-10;13-9-3-1-8(2-4-9)11-6-5-10(14)7-12(11)15;1-12-6-3-4-7(9(10)11)8(5-6)13-2;7-5-1-3-6(4-2-5)8(9)10;;2-1(3)4/h3-9H,1-2H3;3-9H,1-2H3;3-9H,15H2,1-2H3;1-7,14-15H;3-5,10-11H,1-2H3;1-4H;1H4;. The van der Waals surface area contributed by atoms with Gasteiger partial charge in [0.25, 0.3) is 11.4 Å². The molecule has 0 radical (unpaired) electrons. The van der Waals surface area contributed by atoms with Gasteiger partial charge >= 0.3 is 10.3 Å². The summed E-state index contributed by atoms with van der Waals surface area (Å²) in [5, 5.41) is 57.4. The maximum atomic E-state index is 10.6. The van der Waals surface area contributed by atoms with Gasteiger partial charge in [0.1, 0.15) is 57.5 Å². The smallest absolute Gasteiger partial charge is 0.492 e. The van der Waals surface area contributed by atoms with Gasteiger partial charge in [0.05, 0.1) is 66.7 Å². The SMILES string of the molecule is BrB(Br)Br.C.COc1ccc(-c2ccc(I)cc2)c(OC)c1.COc1ccc(-c2ccc(N)cc2)c(OC)c1.COc1ccc(-c2ccc([N+](=O)[O-])cc2)c(OC)c1.COc1ccc(B(O)O)c(OC)c1.O=[N+]([O-])c1ccc(Br)cc1.Oc1ccc(-c2ccc(I)cc2)c(O)c1. The number of rotatable bonds is 15. The number of nitrogens with two attached hydrogens (primary N) is 1. The molecule has 0 bridgehead atoms. The van der Waals surface area contributed by atoms with Crippen LogP contribution in [0.15, 0.2) is 217 Å². The van der Waals surface area contributed by atoms with E-state index < -0.39 is 17.0 Å². The fraction of sp³-hybridized carbons (Fsp3) is 0.130. The minimum atomic E-state index is -1.53. The van der Waals surface area contributed by atoms with E-state index in [1.807, 2.05) is 97.1 Å². The Kier molecular flexibility index (Phi) is 37.3. The van der Waals surface area contributed by atoms with Crippen LogP contribution in [-0.4, -0.2) is 97.3 Å². The van der Waals surface area contributed by atoms with Crippen LogP contribution < -0.4 is 49.1 Å². The molecule has 0 aliphatic carbocycles. The summed E-state index contributed by atoms with van der Waals surface area (Å²) < 4.78 is 44.9. The summed E-state index contributed by atoms with van der Waals surface area (Å²) in [6, 6.07) is 62.8. The first-order valence-electron chi connectivity index (χ1n) is 27.6. The molecule has 96 heavy (non-hydrogen) atoms. The van der Waals surface area contributed by atoms with E-state index in [9.17, 15) is 25.3 Å². The molecule has 0 aromatic heterocycles. The molecule has 0 amide bonds. The van der Waals surface area contributed by atoms with Crippen molar-refractivity contribution in [2.45, 2.75) is 7.43 Å². The summed E-state index contributed by atoms with van der Waals surface area (Å²) in [5.41, 5.74) is 14.6. The van der Waals surface area contributed by atoms with Gasteiger partial charge in [0.2, 0.25) is 0 Å². The van der Waals surface area contributed by atoms with Gasteiger partial charge in [-0.25, -0.2) is 0 Å². The summed E-state index contributed by atoms with van der Waals surface area (Å²) in [6.07, 6.45) is 0. The van der Waals surface area contributed by atoms with Crippen molar-refractivity contribution in [1.82, 2.24) is 0 Å². The fourth-order valence-corrected chi connectivity index (χ4v) is 9.14. The van der Waals surface area contributed by atoms with E-state index in [2.05, 4.69) is 133 Å². The molecule has 19 nitrogen and oxygen atoms in total. The number of non-ortho nitro benzene ring substituents is 2. The Balaban J connectivity index is 0.000000299. The molecule has 10 aromatic carbocycles. The molecule has 27 heteroatoms. The molecule has 0 heterocycles. The molecule has 0 fully saturated rings. The Morgan fingerprint density at radius 1 is 0.406 bits per heavy atom. The van der Waals surface area contributed by atoms with Crippen molar-refractivity contribution >= 4 is 141 Å². The number of hydrogen-bond donors (Lipinski definition) is 5. The highest BCUT2D eigenvalue weighted by molar-refractivity contribution is 14.1. The molecule has 10 rings (SSSR count). The maximum Gasteiger partial charge on any atom is 0.492 e. The lowest BCUT2D eigenvalue weighted by Gasteiger charge is -2.10. The molecule has 0 aliphatic heterocycles. The van der Waals surface area contributed by atoms with Crippen molar-refractivity contribution < 1.29 is 68.0 Å². The van der Waals surface area contributed by atoms with Gasteiger partial charge in [-0.1, -0.05) is 65.8 Å². The van der Waals surface area contributed by atoms with Crippen molar-refractivity contribution in [1.29, 1.82) is 0 Å². The van der Waals surface area contributed by atoms with E-state index in [0.717, 1.165) is 81.2 Å². The van der Waals surface area contributed by atoms with E-state index in [4.69, 9.17) is 58.8 Å². The van der Waals surface area contributed by atoms with Gasteiger partial charge in [-0.15, -0.1) is 47.3 Å². The number of phenols is 2. The van der Waals surface area contributed by atoms with Crippen molar-refractivity contribution in [3.63, 3.8) is 0 Å². The Morgan fingerprint density at radius 3 is 1.01 bits per heavy atom. The average Bonchev–Trinajstić information content (AvgIpc) is 0.888. The van der Waals surface area contributed by atoms with Gasteiger partial charge < -0.3 is 63.9 Å². The number of nitro benzene ring substituents is 2. The predicted octanol–water partition coefficient (Wildman–Crippen LogP) is 18.1. The van der Waals surface area contributed by atoms with Crippen LogP contribution in [0.2, 0.25) is 0 Å². The normalized spacial score (nSPS) is 9.67. The van der Waals surface area contributed by atoms with E-state index in [1.54, 1.807) is 103 Å². The van der Waals surface area contributed by atoms with Gasteiger partial charge in [0.15, 0.2) is 0 Å². The predicted molar refractivity (Wildman–Crippen MR) is 416 cm³/mol. The minimum Gasteiger partial charge on any atom is -0.508 e. The zero-order valence-corrected chi connectivity index (χ0v) is 62.9. The number of anilines is 1. The third kappa shape index (κ3) is 27.4. The van der Waals surface area contributed by atoms with Crippen LogP contribution in [0, 0.1) is 27.4 Å². The van der Waals surface area contributed by atoms with Crippen molar-refractivity contribution in [3.8, 4) is 102 Å². The summed E-state index contributed by atoms with van der Waals surface area (Å²) in [4.78, 5) is 19.9. The lowest BCUT2D eigenvalue weighted by molar-refractivity contribution is -0.385. The average molecular weight is 1790 g/mol. The minimum absolute atomic E-state index is 0. The van der Waals surface area contributed by atoms with Gasteiger partial charge in [-0.05, 0) is 183 Å². The number of nitrogens with zero attached hydrogens (tertiary/aromatic N) is 2. The molecule has 10 aromatic rings. The van der Waals surface area contributed by atoms with E-state index in [1.165, 1.54) is 48.1 Å². The second-order valence-corrected chi connectivity index (χ2v) is 28.6. The second kappa shape index (κ2) is 43.4. The molecule has 0 atom stereocenters. The molecule has 0 aliphatic rings. The van der Waals surface area contributed by atoms with Crippen LogP contribution in [0.1, 0.15) is 7.43 Å². The summed E-state index contributed by atoms with van der Waals surface area (Å²) in [7, 11) is 11.2. The number of ether oxygens (including phenoxy) is 8. The van der Waals surface area contributed by atoms with Crippen LogP contribution in [0.5, 0.6) is 57.5 Å². The van der Waals surface area contributed by atoms with E-state index >= 15 is 0 Å². The fourth-order valence-electron chi connectivity index (χ4n) is 8.15. The first-order chi connectivity index (χ1) is 45.4. The van der Waals surface area contributed by atoms with E-state index in [-0.39, 0.29) is 33.5 Å². The molecular weight excluding hydrogens is 1720 g/mol. The molecule has 0 saturated carbocycles. The highest BCUT2D eigenvalue weighted by Crippen LogP contribution is 2.37. The highest BCUT2D eigenvalue weighted by Gasteiger charge is 2.17. The van der Waals surface area contributed by atoms with Crippen molar-refractivity contribution in [3.05, 3.63) is 244 Å². The van der Waals surface area contributed by atoms with Gasteiger partial charge in [-0.2, -0.15) is 0 Å². The largest absolute Gasteiger partial charge is 0.508 e. The Labute approximate surface area is 619 Å². The van der Waals surface area contributed by atoms with Crippen LogP contribution in [-0.2, 0) is 0 Å². The summed E-state index contributed by atoms with van der Waals surface area (Å²) >= 11 is 17.0. The highest BCUT2D eigenvalue weighted by atomic mass is 127. The Hall–Kier alpha value is -7.77. The Bertz CT molecular complexity index is 3910. The van der Waals surface area contributed by atoms with Crippen LogP contribution in [0.25, 0.3) is 44.5 Å². The summed E-state index contributed by atoms with van der Waals surface area (Å²) in [5.74, 6) is 5.72. The second-order valence-electron chi connectivity index (χ2n) is 18.8.